The first kappa shape index (κ1) is 11.5. The van der Waals surface area contributed by atoms with E-state index in [1.165, 1.54) is 19.3 Å². The summed E-state index contributed by atoms with van der Waals surface area (Å²) in [7, 11) is 0. The molecule has 0 bridgehead atoms. The number of carboxylic acid groups (broad SMARTS) is 1. The molecule has 0 aromatic heterocycles. The average Bonchev–Trinajstić information content (AvgIpc) is 2.95. The summed E-state index contributed by atoms with van der Waals surface area (Å²) in [6, 6.07) is 0.518. The van der Waals surface area contributed by atoms with E-state index in [9.17, 15) is 4.79 Å². The van der Waals surface area contributed by atoms with Gasteiger partial charge in [-0.1, -0.05) is 26.7 Å². The largest absolute Gasteiger partial charge is 0.481 e. The molecule has 82 valence electrons. The minimum absolute atomic E-state index is 0.275. The van der Waals surface area contributed by atoms with Crippen molar-refractivity contribution in [2.24, 2.45) is 11.8 Å². The molecule has 2 N–H and O–H groups in total. The van der Waals surface area contributed by atoms with Crippen LogP contribution in [0.4, 0.5) is 0 Å². The van der Waals surface area contributed by atoms with Crippen LogP contribution in [0.5, 0.6) is 0 Å². The Morgan fingerprint density at radius 1 is 1.57 bits per heavy atom. The first-order chi connectivity index (χ1) is 6.63. The maximum atomic E-state index is 10.6. The summed E-state index contributed by atoms with van der Waals surface area (Å²) in [5, 5.41) is 12.1. The van der Waals surface area contributed by atoms with Crippen LogP contribution in [-0.2, 0) is 4.79 Å². The van der Waals surface area contributed by atoms with E-state index in [0.717, 1.165) is 12.3 Å². The zero-order valence-corrected chi connectivity index (χ0v) is 9.12. The Bertz CT molecular complexity index is 190. The number of nitrogens with one attached hydrogen (secondary N) is 1. The molecule has 0 aromatic carbocycles. The molecule has 0 aromatic rings. The summed E-state index contributed by atoms with van der Waals surface area (Å²) in [5.41, 5.74) is 0. The second-order valence-corrected chi connectivity index (χ2v) is 4.43. The molecular weight excluding hydrogens is 178 g/mol. The summed E-state index contributed by atoms with van der Waals surface area (Å²) in [6.07, 6.45) is 5.06. The molecular formula is C11H21NO2. The van der Waals surface area contributed by atoms with Crippen LogP contribution in [0.3, 0.4) is 0 Å². The Morgan fingerprint density at radius 3 is 2.64 bits per heavy atom. The molecule has 0 radical (unpaired) electrons. The third kappa shape index (κ3) is 4.09. The second kappa shape index (κ2) is 5.35. The maximum absolute atomic E-state index is 10.6. The Labute approximate surface area is 85.9 Å². The van der Waals surface area contributed by atoms with Crippen molar-refractivity contribution in [3.8, 4) is 0 Å². The smallest absolute Gasteiger partial charge is 0.307 e. The zero-order chi connectivity index (χ0) is 10.6. The number of aliphatic carboxylic acids is 1. The summed E-state index contributed by atoms with van der Waals surface area (Å²) >= 11 is 0. The molecule has 1 fully saturated rings. The van der Waals surface area contributed by atoms with Gasteiger partial charge in [-0.3, -0.25) is 4.79 Å². The predicted octanol–water partition coefficient (Wildman–Crippen LogP) is 1.88. The lowest BCUT2D eigenvalue weighted by molar-refractivity contribution is -0.141. The minimum Gasteiger partial charge on any atom is -0.481 e. The van der Waals surface area contributed by atoms with Gasteiger partial charge in [-0.15, -0.1) is 0 Å². The monoisotopic (exact) mass is 199 g/mol. The minimum atomic E-state index is -0.709. The molecule has 0 saturated heterocycles. The molecule has 2 unspecified atom stereocenters. The SMILES string of the molecule is CCC(CC1CC1)NCC(C)C(=O)O. The Morgan fingerprint density at radius 2 is 2.21 bits per heavy atom. The number of hydrogen-bond acceptors (Lipinski definition) is 2. The van der Waals surface area contributed by atoms with Crippen LogP contribution in [0.15, 0.2) is 0 Å². The number of carbonyl (C=O) groups is 1. The first-order valence-corrected chi connectivity index (χ1v) is 5.59. The predicted molar refractivity (Wildman–Crippen MR) is 56.2 cm³/mol. The highest BCUT2D eigenvalue weighted by Gasteiger charge is 2.24. The molecule has 2 atom stereocenters. The van der Waals surface area contributed by atoms with Crippen LogP contribution >= 0.6 is 0 Å². The molecule has 3 nitrogen and oxygen atoms in total. The van der Waals surface area contributed by atoms with E-state index in [1.807, 2.05) is 0 Å². The number of rotatable bonds is 7. The quantitative estimate of drug-likeness (QED) is 0.658. The normalized spacial score (nSPS) is 20.4. The van der Waals surface area contributed by atoms with Crippen LogP contribution in [0.1, 0.15) is 39.5 Å². The van der Waals surface area contributed by atoms with E-state index < -0.39 is 5.97 Å². The molecule has 0 amide bonds. The lowest BCUT2D eigenvalue weighted by atomic mass is 10.1. The van der Waals surface area contributed by atoms with Gasteiger partial charge in [0, 0.05) is 12.6 Å². The lowest BCUT2D eigenvalue weighted by Crippen LogP contribution is -2.34. The molecule has 1 aliphatic rings. The molecule has 1 aliphatic carbocycles. The molecule has 0 heterocycles. The van der Waals surface area contributed by atoms with E-state index in [2.05, 4.69) is 12.2 Å². The topological polar surface area (TPSA) is 49.3 Å². The van der Waals surface area contributed by atoms with Gasteiger partial charge in [0.05, 0.1) is 5.92 Å². The van der Waals surface area contributed by atoms with Gasteiger partial charge in [-0.2, -0.15) is 0 Å². The first-order valence-electron chi connectivity index (χ1n) is 5.59. The molecule has 14 heavy (non-hydrogen) atoms. The van der Waals surface area contributed by atoms with Gasteiger partial charge in [-0.25, -0.2) is 0 Å². The standard InChI is InChI=1S/C11H21NO2/c1-3-10(6-9-4-5-9)12-7-8(2)11(13)14/h8-10,12H,3-7H2,1-2H3,(H,13,14). The van der Waals surface area contributed by atoms with E-state index >= 15 is 0 Å². The highest BCUT2D eigenvalue weighted by atomic mass is 16.4. The molecule has 0 aliphatic heterocycles. The van der Waals surface area contributed by atoms with Crippen LogP contribution in [0, 0.1) is 11.8 Å². The van der Waals surface area contributed by atoms with Crippen LogP contribution in [0.25, 0.3) is 0 Å². The van der Waals surface area contributed by atoms with Crippen molar-refractivity contribution in [3.05, 3.63) is 0 Å². The van der Waals surface area contributed by atoms with Gasteiger partial charge in [0.15, 0.2) is 0 Å². The van der Waals surface area contributed by atoms with Gasteiger partial charge >= 0.3 is 5.97 Å². The molecule has 1 saturated carbocycles. The van der Waals surface area contributed by atoms with E-state index in [-0.39, 0.29) is 5.92 Å². The van der Waals surface area contributed by atoms with Crippen molar-refractivity contribution in [1.82, 2.24) is 5.32 Å². The summed E-state index contributed by atoms with van der Waals surface area (Å²) in [6.45, 7) is 4.51. The molecule has 1 rings (SSSR count). The molecule has 3 heteroatoms. The Hall–Kier alpha value is -0.570. The fourth-order valence-corrected chi connectivity index (χ4v) is 1.58. The van der Waals surface area contributed by atoms with Crippen molar-refractivity contribution in [3.63, 3.8) is 0 Å². The van der Waals surface area contributed by atoms with Gasteiger partial charge in [0.1, 0.15) is 0 Å². The Balaban J connectivity index is 2.15. The van der Waals surface area contributed by atoms with Crippen molar-refractivity contribution in [2.75, 3.05) is 6.54 Å². The van der Waals surface area contributed by atoms with Gasteiger partial charge in [0.25, 0.3) is 0 Å². The fraction of sp³-hybridized carbons (Fsp3) is 0.909. The summed E-state index contributed by atoms with van der Waals surface area (Å²) in [4.78, 5) is 10.6. The van der Waals surface area contributed by atoms with Crippen molar-refractivity contribution < 1.29 is 9.90 Å². The van der Waals surface area contributed by atoms with Crippen LogP contribution < -0.4 is 5.32 Å². The maximum Gasteiger partial charge on any atom is 0.307 e. The summed E-state index contributed by atoms with van der Waals surface area (Å²) < 4.78 is 0. The van der Waals surface area contributed by atoms with E-state index in [1.54, 1.807) is 6.92 Å². The molecule has 0 spiro atoms. The number of carboxylic acids is 1. The Kier molecular flexibility index (Phi) is 4.39. The zero-order valence-electron chi connectivity index (χ0n) is 9.12. The number of hydrogen-bond donors (Lipinski definition) is 2. The second-order valence-electron chi connectivity index (χ2n) is 4.43. The highest BCUT2D eigenvalue weighted by molar-refractivity contribution is 5.69. The fourth-order valence-electron chi connectivity index (χ4n) is 1.58. The average molecular weight is 199 g/mol. The van der Waals surface area contributed by atoms with Crippen LogP contribution in [-0.4, -0.2) is 23.7 Å². The van der Waals surface area contributed by atoms with Gasteiger partial charge in [0.2, 0.25) is 0 Å². The van der Waals surface area contributed by atoms with Gasteiger partial charge in [-0.05, 0) is 18.8 Å². The highest BCUT2D eigenvalue weighted by Crippen LogP contribution is 2.33. The van der Waals surface area contributed by atoms with Gasteiger partial charge < -0.3 is 10.4 Å². The van der Waals surface area contributed by atoms with Crippen LogP contribution in [0.2, 0.25) is 0 Å². The van der Waals surface area contributed by atoms with E-state index in [4.69, 9.17) is 5.11 Å². The van der Waals surface area contributed by atoms with Crippen molar-refractivity contribution in [1.29, 1.82) is 0 Å². The lowest BCUT2D eigenvalue weighted by Gasteiger charge is -2.18. The van der Waals surface area contributed by atoms with Crippen molar-refractivity contribution in [2.45, 2.75) is 45.6 Å². The van der Waals surface area contributed by atoms with E-state index in [0.29, 0.717) is 12.6 Å². The summed E-state index contributed by atoms with van der Waals surface area (Å²) in [5.74, 6) is -0.0744. The van der Waals surface area contributed by atoms with Crippen molar-refractivity contribution >= 4 is 5.97 Å². The third-order valence-corrected chi connectivity index (χ3v) is 2.94. The third-order valence-electron chi connectivity index (χ3n) is 2.94.